The number of nitrogens with one attached hydrogen (secondary N) is 2. The number of hydrogen-bond donors (Lipinski definition) is 2. The number of benzene rings is 1. The van der Waals surface area contributed by atoms with E-state index in [9.17, 15) is 14.0 Å². The van der Waals surface area contributed by atoms with Gasteiger partial charge in [-0.1, -0.05) is 12.1 Å². The lowest BCUT2D eigenvalue weighted by Crippen LogP contribution is -2.16. The molecule has 0 unspecified atom stereocenters. The first-order chi connectivity index (χ1) is 15.1. The molecule has 6 nitrogen and oxygen atoms in total. The number of H-pyrrole nitrogens is 1. The Hall–Kier alpha value is -2.91. The van der Waals surface area contributed by atoms with Crippen molar-refractivity contribution in [2.24, 2.45) is 0 Å². The molecule has 0 saturated carbocycles. The van der Waals surface area contributed by atoms with E-state index in [-0.39, 0.29) is 23.7 Å². The predicted octanol–water partition coefficient (Wildman–Crippen LogP) is 4.70. The molecule has 158 valence electrons. The molecule has 1 aromatic carbocycles. The van der Waals surface area contributed by atoms with Crippen molar-refractivity contribution in [1.82, 2.24) is 15.0 Å². The fourth-order valence-electron chi connectivity index (χ4n) is 3.85. The first kappa shape index (κ1) is 20.0. The van der Waals surface area contributed by atoms with Crippen LogP contribution in [0, 0.1) is 5.82 Å². The summed E-state index contributed by atoms with van der Waals surface area (Å²) >= 11 is 2.88. The number of thiophene rings is 1. The molecule has 9 heteroatoms. The Morgan fingerprint density at radius 1 is 1.23 bits per heavy atom. The fraction of sp³-hybridized carbons (Fsp3) is 0.273. The van der Waals surface area contributed by atoms with Gasteiger partial charge in [0.1, 0.15) is 16.5 Å². The van der Waals surface area contributed by atoms with Crippen LogP contribution >= 0.6 is 22.7 Å². The second kappa shape index (κ2) is 8.32. The molecule has 0 aliphatic heterocycles. The van der Waals surface area contributed by atoms with E-state index in [1.54, 1.807) is 28.8 Å². The van der Waals surface area contributed by atoms with Gasteiger partial charge in [0.15, 0.2) is 5.13 Å². The number of aromatic amines is 1. The summed E-state index contributed by atoms with van der Waals surface area (Å²) in [6.07, 6.45) is 4.72. The normalized spacial score (nSPS) is 13.3. The van der Waals surface area contributed by atoms with Crippen molar-refractivity contribution in [3.63, 3.8) is 0 Å². The summed E-state index contributed by atoms with van der Waals surface area (Å²) < 4.78 is 13.4. The van der Waals surface area contributed by atoms with Crippen molar-refractivity contribution in [2.75, 3.05) is 5.32 Å². The number of carbonyl (C=O) groups is 1. The highest BCUT2D eigenvalue weighted by atomic mass is 32.1. The third kappa shape index (κ3) is 4.15. The Bertz CT molecular complexity index is 1340. The van der Waals surface area contributed by atoms with E-state index in [1.165, 1.54) is 28.3 Å². The molecule has 3 aromatic heterocycles. The van der Waals surface area contributed by atoms with E-state index in [0.717, 1.165) is 41.5 Å². The molecule has 0 saturated heterocycles. The zero-order chi connectivity index (χ0) is 21.4. The van der Waals surface area contributed by atoms with Gasteiger partial charge in [0.25, 0.3) is 5.56 Å². The van der Waals surface area contributed by atoms with E-state index in [4.69, 9.17) is 0 Å². The molecule has 1 aliphatic rings. The average Bonchev–Trinajstić information content (AvgIpc) is 3.37. The van der Waals surface area contributed by atoms with Crippen LogP contribution in [0.1, 0.15) is 35.5 Å². The van der Waals surface area contributed by atoms with Gasteiger partial charge in [0.2, 0.25) is 5.91 Å². The average molecular weight is 455 g/mol. The summed E-state index contributed by atoms with van der Waals surface area (Å²) in [5.74, 6) is -0.0275. The van der Waals surface area contributed by atoms with Crippen molar-refractivity contribution in [1.29, 1.82) is 0 Å². The van der Waals surface area contributed by atoms with Gasteiger partial charge in [-0.3, -0.25) is 9.59 Å². The number of carbonyl (C=O) groups excluding carboxylic acids is 1. The number of rotatable bonds is 5. The van der Waals surface area contributed by atoms with Crippen molar-refractivity contribution in [3.05, 3.63) is 62.1 Å². The standard InChI is InChI=1S/C22H19FN4O2S2/c23-13-5-3-4-12(10-13)15-11-30-22(24-15)27-18(28)9-8-17-25-20(29)19-14-6-1-2-7-16(14)31-21(19)26-17/h3-5,10-11H,1-2,6-9H2,(H,24,27,28)(H,25,26,29). The van der Waals surface area contributed by atoms with Gasteiger partial charge in [-0.2, -0.15) is 0 Å². The molecule has 31 heavy (non-hydrogen) atoms. The Morgan fingerprint density at radius 3 is 2.97 bits per heavy atom. The number of fused-ring (bicyclic) bond motifs is 3. The third-order valence-corrected chi connectivity index (χ3v) is 7.28. The molecule has 1 aliphatic carbocycles. The van der Waals surface area contributed by atoms with Crippen LogP contribution in [0.3, 0.4) is 0 Å². The second-order valence-electron chi connectivity index (χ2n) is 7.50. The minimum atomic E-state index is -0.332. The number of anilines is 1. The lowest BCUT2D eigenvalue weighted by molar-refractivity contribution is -0.116. The SMILES string of the molecule is O=C(CCc1nc2sc3c(c2c(=O)[nH]1)CCCC3)Nc1nc(-c2cccc(F)c2)cs1. The smallest absolute Gasteiger partial charge is 0.259 e. The number of hydrogen-bond acceptors (Lipinski definition) is 6. The summed E-state index contributed by atoms with van der Waals surface area (Å²) in [6, 6.07) is 6.17. The first-order valence-electron chi connectivity index (χ1n) is 10.1. The molecular weight excluding hydrogens is 435 g/mol. The van der Waals surface area contributed by atoms with Crippen LogP contribution in [-0.2, 0) is 24.1 Å². The maximum absolute atomic E-state index is 13.4. The van der Waals surface area contributed by atoms with Gasteiger partial charge >= 0.3 is 0 Å². The maximum Gasteiger partial charge on any atom is 0.259 e. The number of aromatic nitrogens is 3. The Morgan fingerprint density at radius 2 is 2.10 bits per heavy atom. The van der Waals surface area contributed by atoms with E-state index >= 15 is 0 Å². The summed E-state index contributed by atoms with van der Waals surface area (Å²) in [5.41, 5.74) is 2.31. The topological polar surface area (TPSA) is 87.7 Å². The molecule has 3 heterocycles. The minimum absolute atomic E-state index is 0.112. The summed E-state index contributed by atoms with van der Waals surface area (Å²) in [7, 11) is 0. The quantitative estimate of drug-likeness (QED) is 0.458. The highest BCUT2D eigenvalue weighted by molar-refractivity contribution is 7.18. The molecule has 1 amide bonds. The van der Waals surface area contributed by atoms with Crippen LogP contribution < -0.4 is 10.9 Å². The number of aryl methyl sites for hydroxylation is 3. The highest BCUT2D eigenvalue weighted by Gasteiger charge is 2.20. The number of nitrogens with zero attached hydrogens (tertiary/aromatic N) is 2. The van der Waals surface area contributed by atoms with Crippen LogP contribution in [0.4, 0.5) is 9.52 Å². The van der Waals surface area contributed by atoms with Crippen LogP contribution in [0.25, 0.3) is 21.5 Å². The van der Waals surface area contributed by atoms with Crippen LogP contribution in [0.2, 0.25) is 0 Å². The minimum Gasteiger partial charge on any atom is -0.310 e. The van der Waals surface area contributed by atoms with Crippen molar-refractivity contribution in [3.8, 4) is 11.3 Å². The van der Waals surface area contributed by atoms with Gasteiger partial charge < -0.3 is 10.3 Å². The van der Waals surface area contributed by atoms with Gasteiger partial charge in [-0.15, -0.1) is 22.7 Å². The highest BCUT2D eigenvalue weighted by Crippen LogP contribution is 2.33. The summed E-state index contributed by atoms with van der Waals surface area (Å²) in [6.45, 7) is 0. The number of thiazole rings is 1. The molecule has 0 spiro atoms. The molecular formula is C22H19FN4O2S2. The maximum atomic E-state index is 13.4. The van der Waals surface area contributed by atoms with E-state index in [1.807, 2.05) is 0 Å². The largest absolute Gasteiger partial charge is 0.310 e. The number of halogens is 1. The van der Waals surface area contributed by atoms with Crippen LogP contribution in [0.15, 0.2) is 34.4 Å². The van der Waals surface area contributed by atoms with Gasteiger partial charge in [0.05, 0.1) is 11.1 Å². The Balaban J connectivity index is 1.26. The predicted molar refractivity (Wildman–Crippen MR) is 121 cm³/mol. The second-order valence-corrected chi connectivity index (χ2v) is 9.44. The Labute approximate surface area is 185 Å². The van der Waals surface area contributed by atoms with Gasteiger partial charge in [0, 0.05) is 28.7 Å². The van der Waals surface area contributed by atoms with Crippen LogP contribution in [-0.4, -0.2) is 20.9 Å². The molecule has 0 radical (unpaired) electrons. The first-order valence-corrected chi connectivity index (χ1v) is 11.8. The Kier molecular flexibility index (Phi) is 5.37. The van der Waals surface area contributed by atoms with Crippen molar-refractivity contribution < 1.29 is 9.18 Å². The van der Waals surface area contributed by atoms with Crippen molar-refractivity contribution >= 4 is 43.9 Å². The molecule has 0 bridgehead atoms. The fourth-order valence-corrected chi connectivity index (χ4v) is 5.87. The van der Waals surface area contributed by atoms with E-state index < -0.39 is 0 Å². The summed E-state index contributed by atoms with van der Waals surface area (Å²) in [5, 5.41) is 5.71. The summed E-state index contributed by atoms with van der Waals surface area (Å²) in [4.78, 5) is 38.8. The molecule has 0 atom stereocenters. The van der Waals surface area contributed by atoms with Crippen molar-refractivity contribution in [2.45, 2.75) is 38.5 Å². The molecule has 4 aromatic rings. The third-order valence-electron chi connectivity index (χ3n) is 5.33. The van der Waals surface area contributed by atoms with Gasteiger partial charge in [-0.25, -0.2) is 14.4 Å². The zero-order valence-corrected chi connectivity index (χ0v) is 18.2. The lowest BCUT2D eigenvalue weighted by Gasteiger charge is -2.09. The molecule has 5 rings (SSSR count). The number of amides is 1. The lowest BCUT2D eigenvalue weighted by atomic mass is 9.97. The van der Waals surface area contributed by atoms with Crippen LogP contribution in [0.5, 0.6) is 0 Å². The zero-order valence-electron chi connectivity index (χ0n) is 16.5. The molecule has 0 fully saturated rings. The monoisotopic (exact) mass is 454 g/mol. The van der Waals surface area contributed by atoms with Gasteiger partial charge in [-0.05, 0) is 43.4 Å². The molecule has 2 N–H and O–H groups in total. The van der Waals surface area contributed by atoms with E-state index in [0.29, 0.717) is 28.6 Å². The van der Waals surface area contributed by atoms with E-state index in [2.05, 4.69) is 20.3 Å².